The molecule has 52 valence electrons. The minimum Gasteiger partial charge on any atom is -0.463 e. The summed E-state index contributed by atoms with van der Waals surface area (Å²) in [6.45, 7) is -0.0661. The molecule has 0 aromatic heterocycles. The fourth-order valence-electron chi connectivity index (χ4n) is 0.711. The third-order valence-corrected chi connectivity index (χ3v) is 1.36. The molecule has 1 fully saturated rings. The molecule has 9 heavy (non-hydrogen) atoms. The quantitative estimate of drug-likeness (QED) is 0.427. The van der Waals surface area contributed by atoms with E-state index in [1.165, 1.54) is 0 Å². The number of aliphatic hydroxyl groups excluding tert-OH is 2. The Morgan fingerprint density at radius 3 is 2.67 bits per heavy atom. The third-order valence-electron chi connectivity index (χ3n) is 1.36. The maximum absolute atomic E-state index is 10.4. The van der Waals surface area contributed by atoms with E-state index >= 15 is 0 Å². The van der Waals surface area contributed by atoms with Crippen LogP contribution < -0.4 is 0 Å². The number of ether oxygens (including phenoxy) is 1. The van der Waals surface area contributed by atoms with Gasteiger partial charge in [-0.15, -0.1) is 0 Å². The SMILES string of the molecule is O=C1OCC(CO)C1O. The van der Waals surface area contributed by atoms with E-state index in [2.05, 4.69) is 4.74 Å². The van der Waals surface area contributed by atoms with Crippen molar-refractivity contribution >= 4 is 5.97 Å². The Labute approximate surface area is 52.1 Å². The van der Waals surface area contributed by atoms with Gasteiger partial charge in [-0.1, -0.05) is 0 Å². The Kier molecular flexibility index (Phi) is 1.68. The largest absolute Gasteiger partial charge is 0.463 e. The molecule has 0 aromatic rings. The second-order valence-corrected chi connectivity index (χ2v) is 2.02. The zero-order valence-electron chi connectivity index (χ0n) is 4.78. The van der Waals surface area contributed by atoms with Crippen molar-refractivity contribution in [3.8, 4) is 0 Å². The molecule has 4 nitrogen and oxygen atoms in total. The smallest absolute Gasteiger partial charge is 0.335 e. The molecule has 0 saturated carbocycles. The molecule has 0 radical (unpaired) electrons. The van der Waals surface area contributed by atoms with Crippen LogP contribution in [0.3, 0.4) is 0 Å². The first-order valence-electron chi connectivity index (χ1n) is 2.71. The summed E-state index contributed by atoms with van der Waals surface area (Å²) in [5.74, 6) is -1.05. The average molecular weight is 132 g/mol. The number of cyclic esters (lactones) is 1. The first-order chi connectivity index (χ1) is 4.25. The minimum atomic E-state index is -1.12. The van der Waals surface area contributed by atoms with Crippen molar-refractivity contribution in [1.82, 2.24) is 0 Å². The Bertz CT molecular complexity index is 122. The van der Waals surface area contributed by atoms with Gasteiger partial charge in [0.1, 0.15) is 0 Å². The molecule has 1 aliphatic heterocycles. The van der Waals surface area contributed by atoms with Crippen LogP contribution in [0.1, 0.15) is 0 Å². The molecule has 2 N–H and O–H groups in total. The van der Waals surface area contributed by atoms with Crippen LogP contribution in [0.2, 0.25) is 0 Å². The number of rotatable bonds is 1. The summed E-state index contributed by atoms with van der Waals surface area (Å²) in [7, 11) is 0. The van der Waals surface area contributed by atoms with Gasteiger partial charge >= 0.3 is 5.97 Å². The summed E-state index contributed by atoms with van der Waals surface area (Å²) in [6, 6.07) is 0. The van der Waals surface area contributed by atoms with Crippen LogP contribution in [0.25, 0.3) is 0 Å². The van der Waals surface area contributed by atoms with E-state index in [1.807, 2.05) is 0 Å². The molecule has 0 aliphatic carbocycles. The number of carbonyl (C=O) groups excluding carboxylic acids is 1. The van der Waals surface area contributed by atoms with Crippen LogP contribution in [-0.4, -0.2) is 35.5 Å². The van der Waals surface area contributed by atoms with Crippen molar-refractivity contribution < 1.29 is 19.7 Å². The predicted octanol–water partition coefficient (Wildman–Crippen LogP) is -1.49. The number of hydrogen-bond donors (Lipinski definition) is 2. The minimum absolute atomic E-state index is 0.135. The van der Waals surface area contributed by atoms with Crippen molar-refractivity contribution in [2.24, 2.45) is 5.92 Å². The molecule has 1 saturated heterocycles. The van der Waals surface area contributed by atoms with Gasteiger partial charge in [0.15, 0.2) is 6.10 Å². The van der Waals surface area contributed by atoms with Gasteiger partial charge in [-0.25, -0.2) is 4.79 Å². The third kappa shape index (κ3) is 1.04. The highest BCUT2D eigenvalue weighted by Gasteiger charge is 2.34. The van der Waals surface area contributed by atoms with Crippen molar-refractivity contribution in [2.45, 2.75) is 6.10 Å². The molecule has 1 rings (SSSR count). The van der Waals surface area contributed by atoms with Crippen LogP contribution in [0.15, 0.2) is 0 Å². The lowest BCUT2D eigenvalue weighted by Crippen LogP contribution is -2.24. The van der Waals surface area contributed by atoms with E-state index in [0.29, 0.717) is 0 Å². The first kappa shape index (κ1) is 6.51. The lowest BCUT2D eigenvalue weighted by Gasteiger charge is -2.02. The molecule has 1 heterocycles. The molecule has 0 aromatic carbocycles. The van der Waals surface area contributed by atoms with Gasteiger partial charge < -0.3 is 14.9 Å². The molecular weight excluding hydrogens is 124 g/mol. The molecule has 0 spiro atoms. The van der Waals surface area contributed by atoms with E-state index in [-0.39, 0.29) is 13.2 Å². The standard InChI is InChI=1S/C5H8O4/c6-1-3-2-9-5(8)4(3)7/h3-4,6-7H,1-2H2. The fourth-order valence-corrected chi connectivity index (χ4v) is 0.711. The number of hydrogen-bond acceptors (Lipinski definition) is 4. The summed E-state index contributed by atoms with van der Waals surface area (Å²) < 4.78 is 4.42. The number of aliphatic hydroxyl groups is 2. The molecular formula is C5H8O4. The van der Waals surface area contributed by atoms with Gasteiger partial charge in [0.25, 0.3) is 0 Å². The fraction of sp³-hybridized carbons (Fsp3) is 0.800. The van der Waals surface area contributed by atoms with Crippen LogP contribution in [0.5, 0.6) is 0 Å². The van der Waals surface area contributed by atoms with Crippen LogP contribution in [0.4, 0.5) is 0 Å². The van der Waals surface area contributed by atoms with Gasteiger partial charge in [0.2, 0.25) is 0 Å². The van der Waals surface area contributed by atoms with Crippen molar-refractivity contribution in [3.63, 3.8) is 0 Å². The molecule has 4 heteroatoms. The second kappa shape index (κ2) is 2.33. The van der Waals surface area contributed by atoms with E-state index in [4.69, 9.17) is 10.2 Å². The molecule has 0 amide bonds. The summed E-state index contributed by atoms with van der Waals surface area (Å²) in [5, 5.41) is 17.3. The zero-order valence-corrected chi connectivity index (χ0v) is 4.78. The highest BCUT2D eigenvalue weighted by atomic mass is 16.6. The summed E-state index contributed by atoms with van der Waals surface area (Å²) in [4.78, 5) is 10.4. The predicted molar refractivity (Wildman–Crippen MR) is 27.5 cm³/mol. The van der Waals surface area contributed by atoms with Crippen LogP contribution in [-0.2, 0) is 9.53 Å². The maximum atomic E-state index is 10.4. The van der Waals surface area contributed by atoms with Crippen LogP contribution in [0, 0.1) is 5.92 Å². The lowest BCUT2D eigenvalue weighted by atomic mass is 10.1. The summed E-state index contributed by atoms with van der Waals surface area (Å²) in [5.41, 5.74) is 0. The monoisotopic (exact) mass is 132 g/mol. The Hall–Kier alpha value is -0.610. The molecule has 2 atom stereocenters. The van der Waals surface area contributed by atoms with Gasteiger partial charge in [-0.3, -0.25) is 0 Å². The lowest BCUT2D eigenvalue weighted by molar-refractivity contribution is -0.144. The summed E-state index contributed by atoms with van der Waals surface area (Å²) >= 11 is 0. The van der Waals surface area contributed by atoms with E-state index < -0.39 is 18.0 Å². The zero-order chi connectivity index (χ0) is 6.85. The molecule has 2 unspecified atom stereocenters. The van der Waals surface area contributed by atoms with Gasteiger partial charge in [-0.05, 0) is 0 Å². The second-order valence-electron chi connectivity index (χ2n) is 2.02. The van der Waals surface area contributed by atoms with Crippen molar-refractivity contribution in [2.75, 3.05) is 13.2 Å². The Morgan fingerprint density at radius 2 is 2.44 bits per heavy atom. The normalized spacial score (nSPS) is 34.7. The van der Waals surface area contributed by atoms with E-state index in [1.54, 1.807) is 0 Å². The van der Waals surface area contributed by atoms with Gasteiger partial charge in [-0.2, -0.15) is 0 Å². The Balaban J connectivity index is 2.51. The van der Waals surface area contributed by atoms with E-state index in [0.717, 1.165) is 0 Å². The van der Waals surface area contributed by atoms with Crippen molar-refractivity contribution in [3.05, 3.63) is 0 Å². The number of esters is 1. The molecule has 0 bridgehead atoms. The average Bonchev–Trinajstić information content (AvgIpc) is 2.15. The highest BCUT2D eigenvalue weighted by Crippen LogP contribution is 2.13. The Morgan fingerprint density at radius 1 is 1.78 bits per heavy atom. The van der Waals surface area contributed by atoms with Crippen LogP contribution >= 0.6 is 0 Å². The maximum Gasteiger partial charge on any atom is 0.335 e. The van der Waals surface area contributed by atoms with E-state index in [9.17, 15) is 4.79 Å². The van der Waals surface area contributed by atoms with Gasteiger partial charge in [0, 0.05) is 0 Å². The van der Waals surface area contributed by atoms with Gasteiger partial charge in [0.05, 0.1) is 19.1 Å². The highest BCUT2D eigenvalue weighted by molar-refractivity contribution is 5.76. The number of carbonyl (C=O) groups is 1. The summed E-state index contributed by atoms with van der Waals surface area (Å²) in [6.07, 6.45) is -1.12. The first-order valence-corrected chi connectivity index (χ1v) is 2.71. The molecule has 1 aliphatic rings. The topological polar surface area (TPSA) is 66.8 Å². The van der Waals surface area contributed by atoms with Crippen molar-refractivity contribution in [1.29, 1.82) is 0 Å².